The summed E-state index contributed by atoms with van der Waals surface area (Å²) in [7, 11) is 0. The van der Waals surface area contributed by atoms with E-state index in [0.717, 1.165) is 11.4 Å². The van der Waals surface area contributed by atoms with Crippen LogP contribution in [0.1, 0.15) is 6.42 Å². The SMILES string of the molecule is O=C(NCCCn1ccnc1-c1ccccc1)C(=O)Nc1ccccc1F. The molecule has 0 aliphatic carbocycles. The first-order chi connectivity index (χ1) is 13.1. The maximum Gasteiger partial charge on any atom is 0.313 e. The number of carbonyl (C=O) groups is 2. The first kappa shape index (κ1) is 18.3. The molecule has 3 aromatic rings. The summed E-state index contributed by atoms with van der Waals surface area (Å²) in [6.45, 7) is 0.954. The van der Waals surface area contributed by atoms with E-state index in [-0.39, 0.29) is 5.69 Å². The fourth-order valence-electron chi connectivity index (χ4n) is 2.61. The number of para-hydroxylation sites is 1. The lowest BCUT2D eigenvalue weighted by Gasteiger charge is -2.09. The number of amides is 2. The van der Waals surface area contributed by atoms with Crippen molar-refractivity contribution in [3.8, 4) is 11.4 Å². The van der Waals surface area contributed by atoms with Crippen LogP contribution in [-0.4, -0.2) is 27.9 Å². The van der Waals surface area contributed by atoms with E-state index in [9.17, 15) is 14.0 Å². The number of nitrogens with one attached hydrogen (secondary N) is 2. The number of hydrogen-bond donors (Lipinski definition) is 2. The number of benzene rings is 2. The van der Waals surface area contributed by atoms with Crippen molar-refractivity contribution in [3.05, 3.63) is 72.8 Å². The average Bonchev–Trinajstić information content (AvgIpc) is 3.16. The van der Waals surface area contributed by atoms with Gasteiger partial charge in [0.25, 0.3) is 0 Å². The number of carbonyl (C=O) groups excluding carboxylic acids is 2. The summed E-state index contributed by atoms with van der Waals surface area (Å²) in [4.78, 5) is 28.0. The van der Waals surface area contributed by atoms with E-state index in [1.54, 1.807) is 12.3 Å². The highest BCUT2D eigenvalue weighted by molar-refractivity contribution is 6.39. The summed E-state index contributed by atoms with van der Waals surface area (Å²) in [5.74, 6) is -1.44. The third-order valence-corrected chi connectivity index (χ3v) is 3.94. The Hall–Kier alpha value is -3.48. The third kappa shape index (κ3) is 4.78. The zero-order valence-corrected chi connectivity index (χ0v) is 14.6. The molecule has 138 valence electrons. The number of halogens is 1. The lowest BCUT2D eigenvalue weighted by Crippen LogP contribution is -2.36. The standard InChI is InChI=1S/C20H19FN4O2/c21-16-9-4-5-10-17(16)24-20(27)19(26)23-11-6-13-25-14-12-22-18(25)15-7-2-1-3-8-15/h1-5,7-10,12,14H,6,11,13H2,(H,23,26)(H,24,27). The van der Waals surface area contributed by atoms with Gasteiger partial charge in [0, 0.05) is 31.0 Å². The number of aryl methyl sites for hydroxylation is 1. The van der Waals surface area contributed by atoms with Crippen molar-refractivity contribution in [1.29, 1.82) is 0 Å². The van der Waals surface area contributed by atoms with Gasteiger partial charge in [-0.3, -0.25) is 9.59 Å². The van der Waals surface area contributed by atoms with Crippen molar-refractivity contribution in [1.82, 2.24) is 14.9 Å². The Bertz CT molecular complexity index is 924. The van der Waals surface area contributed by atoms with E-state index in [1.165, 1.54) is 18.2 Å². The molecule has 0 radical (unpaired) electrons. The zero-order valence-electron chi connectivity index (χ0n) is 14.6. The molecule has 1 heterocycles. The lowest BCUT2D eigenvalue weighted by atomic mass is 10.2. The Morgan fingerprint density at radius 1 is 1.00 bits per heavy atom. The highest BCUT2D eigenvalue weighted by Crippen LogP contribution is 2.16. The minimum Gasteiger partial charge on any atom is -0.348 e. The number of hydrogen-bond acceptors (Lipinski definition) is 3. The van der Waals surface area contributed by atoms with Gasteiger partial charge in [-0.15, -0.1) is 0 Å². The van der Waals surface area contributed by atoms with Crippen molar-refractivity contribution in [3.63, 3.8) is 0 Å². The minimum absolute atomic E-state index is 0.0245. The van der Waals surface area contributed by atoms with Crippen LogP contribution in [-0.2, 0) is 16.1 Å². The fraction of sp³-hybridized carbons (Fsp3) is 0.150. The predicted octanol–water partition coefficient (Wildman–Crippen LogP) is 2.83. The molecule has 0 aliphatic heterocycles. The largest absolute Gasteiger partial charge is 0.348 e. The second kappa shape index (κ2) is 8.75. The van der Waals surface area contributed by atoms with Gasteiger partial charge in [-0.25, -0.2) is 9.37 Å². The highest BCUT2D eigenvalue weighted by Gasteiger charge is 2.14. The fourth-order valence-corrected chi connectivity index (χ4v) is 2.61. The summed E-state index contributed by atoms with van der Waals surface area (Å²) in [5.41, 5.74) is 0.986. The molecule has 2 amide bonds. The van der Waals surface area contributed by atoms with Gasteiger partial charge < -0.3 is 15.2 Å². The van der Waals surface area contributed by atoms with Crippen molar-refractivity contribution in [2.24, 2.45) is 0 Å². The second-order valence-electron chi connectivity index (χ2n) is 5.85. The van der Waals surface area contributed by atoms with E-state index >= 15 is 0 Å². The molecule has 2 aromatic carbocycles. The number of anilines is 1. The van der Waals surface area contributed by atoms with Crippen molar-refractivity contribution in [2.75, 3.05) is 11.9 Å². The van der Waals surface area contributed by atoms with E-state index in [0.29, 0.717) is 19.5 Å². The predicted molar refractivity (Wildman–Crippen MR) is 100 cm³/mol. The summed E-state index contributed by atoms with van der Waals surface area (Å²) in [6.07, 6.45) is 4.22. The Balaban J connectivity index is 1.47. The molecule has 0 saturated heterocycles. The molecule has 2 N–H and O–H groups in total. The molecule has 0 bridgehead atoms. The maximum atomic E-state index is 13.5. The Morgan fingerprint density at radius 2 is 1.74 bits per heavy atom. The maximum absolute atomic E-state index is 13.5. The molecule has 0 unspecified atom stereocenters. The smallest absolute Gasteiger partial charge is 0.313 e. The molecule has 27 heavy (non-hydrogen) atoms. The van der Waals surface area contributed by atoms with Crippen LogP contribution in [0.2, 0.25) is 0 Å². The monoisotopic (exact) mass is 366 g/mol. The van der Waals surface area contributed by atoms with Crippen LogP contribution in [0, 0.1) is 5.82 Å². The molecule has 0 atom stereocenters. The number of rotatable bonds is 6. The van der Waals surface area contributed by atoms with E-state index in [2.05, 4.69) is 15.6 Å². The van der Waals surface area contributed by atoms with Gasteiger partial charge in [0.05, 0.1) is 5.69 Å². The van der Waals surface area contributed by atoms with Crippen LogP contribution < -0.4 is 10.6 Å². The van der Waals surface area contributed by atoms with Crippen LogP contribution >= 0.6 is 0 Å². The molecular formula is C20H19FN4O2. The van der Waals surface area contributed by atoms with Crippen molar-refractivity contribution < 1.29 is 14.0 Å². The van der Waals surface area contributed by atoms with Gasteiger partial charge in [-0.05, 0) is 18.6 Å². The molecule has 0 saturated carbocycles. The van der Waals surface area contributed by atoms with Gasteiger partial charge in [0.15, 0.2) is 0 Å². The van der Waals surface area contributed by atoms with Crippen LogP contribution in [0.3, 0.4) is 0 Å². The minimum atomic E-state index is -0.896. The third-order valence-electron chi connectivity index (χ3n) is 3.94. The van der Waals surface area contributed by atoms with Gasteiger partial charge in [-0.1, -0.05) is 42.5 Å². The van der Waals surface area contributed by atoms with Crippen molar-refractivity contribution >= 4 is 17.5 Å². The second-order valence-corrected chi connectivity index (χ2v) is 5.85. The molecule has 6 nitrogen and oxygen atoms in total. The topological polar surface area (TPSA) is 76.0 Å². The van der Waals surface area contributed by atoms with E-state index in [1.807, 2.05) is 41.1 Å². The van der Waals surface area contributed by atoms with Gasteiger partial charge in [-0.2, -0.15) is 0 Å². The van der Waals surface area contributed by atoms with Crippen LogP contribution in [0.15, 0.2) is 67.0 Å². The molecule has 7 heteroatoms. The number of nitrogens with zero attached hydrogens (tertiary/aromatic N) is 2. The Kier molecular flexibility index (Phi) is 5.94. The van der Waals surface area contributed by atoms with E-state index < -0.39 is 17.6 Å². The van der Waals surface area contributed by atoms with Crippen molar-refractivity contribution in [2.45, 2.75) is 13.0 Å². The normalized spacial score (nSPS) is 10.4. The lowest BCUT2D eigenvalue weighted by molar-refractivity contribution is -0.136. The van der Waals surface area contributed by atoms with Crippen LogP contribution in [0.5, 0.6) is 0 Å². The van der Waals surface area contributed by atoms with Gasteiger partial charge in [0.1, 0.15) is 11.6 Å². The van der Waals surface area contributed by atoms with Crippen LogP contribution in [0.25, 0.3) is 11.4 Å². The Labute approximate surface area is 156 Å². The van der Waals surface area contributed by atoms with E-state index in [4.69, 9.17) is 0 Å². The molecule has 1 aromatic heterocycles. The molecule has 3 rings (SSSR count). The first-order valence-electron chi connectivity index (χ1n) is 8.55. The Morgan fingerprint density at radius 3 is 2.52 bits per heavy atom. The highest BCUT2D eigenvalue weighted by atomic mass is 19.1. The van der Waals surface area contributed by atoms with Gasteiger partial charge in [0.2, 0.25) is 0 Å². The zero-order chi connectivity index (χ0) is 19.1. The van der Waals surface area contributed by atoms with Crippen LogP contribution in [0.4, 0.5) is 10.1 Å². The number of aromatic nitrogens is 2. The quantitative estimate of drug-likeness (QED) is 0.520. The summed E-state index contributed by atoms with van der Waals surface area (Å²) < 4.78 is 15.5. The molecule has 0 fully saturated rings. The number of imidazole rings is 1. The average molecular weight is 366 g/mol. The molecule has 0 aliphatic rings. The van der Waals surface area contributed by atoms with Gasteiger partial charge >= 0.3 is 11.8 Å². The first-order valence-corrected chi connectivity index (χ1v) is 8.55. The molecule has 0 spiro atoms. The molecular weight excluding hydrogens is 347 g/mol. The summed E-state index contributed by atoms with van der Waals surface area (Å²) in [5, 5.41) is 4.79. The summed E-state index contributed by atoms with van der Waals surface area (Å²) in [6, 6.07) is 15.5. The summed E-state index contributed by atoms with van der Waals surface area (Å²) >= 11 is 0.